The summed E-state index contributed by atoms with van der Waals surface area (Å²) < 4.78 is 54.6. The van der Waals surface area contributed by atoms with Crippen LogP contribution in [-0.4, -0.2) is 21.3 Å². The molecule has 0 aromatic heterocycles. The second kappa shape index (κ2) is 14.7. The van der Waals surface area contributed by atoms with Crippen LogP contribution in [-0.2, 0) is 12.2 Å². The van der Waals surface area contributed by atoms with E-state index in [2.05, 4.69) is 13.5 Å². The van der Waals surface area contributed by atoms with E-state index < -0.39 is 11.6 Å². The molecule has 0 saturated heterocycles. The molecular formula is C32H37F3N2O2S. The first-order chi connectivity index (χ1) is 19.2. The number of anilines is 2. The van der Waals surface area contributed by atoms with Crippen molar-refractivity contribution < 1.29 is 22.6 Å². The van der Waals surface area contributed by atoms with Crippen molar-refractivity contribution in [3.05, 3.63) is 107 Å². The Morgan fingerprint density at radius 2 is 1.52 bits per heavy atom. The summed E-state index contributed by atoms with van der Waals surface area (Å²) in [6.45, 7) is 8.20. The minimum absolute atomic E-state index is 0.000258. The second-order valence-corrected chi connectivity index (χ2v) is 10.3. The van der Waals surface area contributed by atoms with Crippen molar-refractivity contribution in [2.45, 2.75) is 45.3 Å². The molecule has 0 spiro atoms. The molecule has 214 valence electrons. The topological polar surface area (TPSA) is 24.9 Å². The lowest BCUT2D eigenvalue weighted by Crippen LogP contribution is -2.32. The van der Waals surface area contributed by atoms with Crippen LogP contribution >= 0.6 is 11.8 Å². The lowest BCUT2D eigenvalue weighted by Gasteiger charge is -2.35. The average molecular weight is 571 g/mol. The lowest BCUT2D eigenvalue weighted by atomic mass is 10.0. The minimum atomic E-state index is -0.561. The van der Waals surface area contributed by atoms with Crippen LogP contribution in [0.25, 0.3) is 0 Å². The van der Waals surface area contributed by atoms with Crippen LogP contribution in [0, 0.1) is 17.5 Å². The number of halogens is 3. The van der Waals surface area contributed by atoms with Crippen molar-refractivity contribution in [2.75, 3.05) is 31.1 Å². The SMILES string of the molecule is C=C(SCc1c(F)cc(CCCCC)cc1F)N(/C(=C\C)N(C)c1ccc(OC)c(OC)c1)c1ccc(F)cc1. The zero-order chi connectivity index (χ0) is 29.2. The zero-order valence-electron chi connectivity index (χ0n) is 23.8. The van der Waals surface area contributed by atoms with E-state index in [0.717, 1.165) is 24.9 Å². The highest BCUT2D eigenvalue weighted by Crippen LogP contribution is 2.37. The molecule has 40 heavy (non-hydrogen) atoms. The molecule has 0 unspecified atom stereocenters. The molecule has 3 aromatic rings. The summed E-state index contributed by atoms with van der Waals surface area (Å²) in [6.07, 6.45) is 5.49. The summed E-state index contributed by atoms with van der Waals surface area (Å²) in [6, 6.07) is 14.4. The van der Waals surface area contributed by atoms with E-state index in [1.165, 1.54) is 36.0 Å². The molecule has 0 amide bonds. The van der Waals surface area contributed by atoms with Gasteiger partial charge in [0, 0.05) is 35.8 Å². The molecule has 0 atom stereocenters. The van der Waals surface area contributed by atoms with Crippen molar-refractivity contribution >= 4 is 23.1 Å². The first-order valence-corrected chi connectivity index (χ1v) is 14.2. The van der Waals surface area contributed by atoms with Gasteiger partial charge in [-0.25, -0.2) is 13.2 Å². The van der Waals surface area contributed by atoms with Crippen LogP contribution in [0.3, 0.4) is 0 Å². The normalized spacial score (nSPS) is 11.3. The van der Waals surface area contributed by atoms with E-state index in [0.29, 0.717) is 40.0 Å². The van der Waals surface area contributed by atoms with Crippen LogP contribution in [0.5, 0.6) is 11.5 Å². The van der Waals surface area contributed by atoms with E-state index in [1.54, 1.807) is 32.4 Å². The number of unbranched alkanes of at least 4 members (excludes halogenated alkanes) is 2. The Bertz CT molecular complexity index is 1310. The maximum Gasteiger partial charge on any atom is 0.162 e. The molecule has 8 heteroatoms. The lowest BCUT2D eigenvalue weighted by molar-refractivity contribution is 0.355. The third-order valence-electron chi connectivity index (χ3n) is 6.57. The number of ether oxygens (including phenoxy) is 2. The van der Waals surface area contributed by atoms with Crippen LogP contribution in [0.15, 0.2) is 78.1 Å². The largest absolute Gasteiger partial charge is 0.493 e. The van der Waals surface area contributed by atoms with Gasteiger partial charge in [-0.1, -0.05) is 26.3 Å². The highest BCUT2D eigenvalue weighted by Gasteiger charge is 2.22. The van der Waals surface area contributed by atoms with Crippen molar-refractivity contribution in [2.24, 2.45) is 0 Å². The fourth-order valence-electron chi connectivity index (χ4n) is 4.37. The van der Waals surface area contributed by atoms with Crippen LogP contribution < -0.4 is 19.3 Å². The number of benzene rings is 3. The Hall–Kier alpha value is -3.52. The first kappa shape index (κ1) is 31.0. The summed E-state index contributed by atoms with van der Waals surface area (Å²) in [5.41, 5.74) is 2.11. The Morgan fingerprint density at radius 1 is 0.900 bits per heavy atom. The molecule has 0 saturated carbocycles. The van der Waals surface area contributed by atoms with Crippen LogP contribution in [0.1, 0.15) is 44.2 Å². The number of methoxy groups -OCH3 is 2. The van der Waals surface area contributed by atoms with Gasteiger partial charge in [-0.3, -0.25) is 4.90 Å². The second-order valence-electron chi connectivity index (χ2n) is 9.23. The van der Waals surface area contributed by atoms with Gasteiger partial charge >= 0.3 is 0 Å². The standard InChI is InChI=1S/C32H37F3N2O2S/c1-7-9-10-11-23-18-28(34)27(29(35)19-23)21-40-22(3)37(25-14-12-24(33)13-15-25)32(8-2)36(4)26-16-17-30(38-5)31(20-26)39-6/h8,12-20H,3,7,9-11,21H2,1-2,4-6H3/b32-8-. The van der Waals surface area contributed by atoms with Gasteiger partial charge in [-0.05, 0) is 79.9 Å². The van der Waals surface area contributed by atoms with Gasteiger partial charge in [-0.2, -0.15) is 0 Å². The summed E-state index contributed by atoms with van der Waals surface area (Å²) >= 11 is 1.21. The predicted molar refractivity (Wildman–Crippen MR) is 161 cm³/mol. The van der Waals surface area contributed by atoms with Gasteiger partial charge in [0.25, 0.3) is 0 Å². The number of rotatable bonds is 14. The van der Waals surface area contributed by atoms with Gasteiger partial charge in [0.05, 0.1) is 19.2 Å². The van der Waals surface area contributed by atoms with Gasteiger partial charge in [-0.15, -0.1) is 11.8 Å². The first-order valence-electron chi connectivity index (χ1n) is 13.2. The Morgan fingerprint density at radius 3 is 2.10 bits per heavy atom. The van der Waals surface area contributed by atoms with E-state index in [4.69, 9.17) is 9.47 Å². The van der Waals surface area contributed by atoms with Gasteiger partial charge in [0.2, 0.25) is 0 Å². The molecule has 0 radical (unpaired) electrons. The van der Waals surface area contributed by atoms with Crippen molar-refractivity contribution in [3.63, 3.8) is 0 Å². The Labute approximate surface area is 240 Å². The molecule has 4 nitrogen and oxygen atoms in total. The van der Waals surface area contributed by atoms with Crippen LogP contribution in [0.4, 0.5) is 24.5 Å². The van der Waals surface area contributed by atoms with Crippen molar-refractivity contribution in [1.82, 2.24) is 0 Å². The number of nitrogens with zero attached hydrogens (tertiary/aromatic N) is 2. The maximum atomic E-state index is 15.0. The number of allylic oxidation sites excluding steroid dienone is 1. The van der Waals surface area contributed by atoms with Gasteiger partial charge in [0.1, 0.15) is 23.3 Å². The average Bonchev–Trinajstić information content (AvgIpc) is 2.95. The van der Waals surface area contributed by atoms with Crippen LogP contribution in [0.2, 0.25) is 0 Å². The highest BCUT2D eigenvalue weighted by molar-refractivity contribution is 8.02. The molecule has 0 aliphatic rings. The third-order valence-corrected chi connectivity index (χ3v) is 7.52. The zero-order valence-corrected chi connectivity index (χ0v) is 24.6. The van der Waals surface area contributed by atoms with E-state index >= 15 is 0 Å². The monoisotopic (exact) mass is 570 g/mol. The summed E-state index contributed by atoms with van der Waals surface area (Å²) in [5, 5.41) is 0.512. The molecule has 0 aliphatic heterocycles. The number of thioether (sulfide) groups is 1. The molecule has 0 fully saturated rings. The molecule has 3 aromatic carbocycles. The van der Waals surface area contributed by atoms with Crippen molar-refractivity contribution in [3.8, 4) is 11.5 Å². The number of hydrogen-bond acceptors (Lipinski definition) is 5. The van der Waals surface area contributed by atoms with E-state index in [1.807, 2.05) is 42.0 Å². The molecule has 0 bridgehead atoms. The summed E-state index contributed by atoms with van der Waals surface area (Å²) in [7, 11) is 5.01. The summed E-state index contributed by atoms with van der Waals surface area (Å²) in [4.78, 5) is 3.75. The fourth-order valence-corrected chi connectivity index (χ4v) is 5.28. The quantitative estimate of drug-likeness (QED) is 0.180. The molecule has 0 aliphatic carbocycles. The molecule has 3 rings (SSSR count). The fraction of sp³-hybridized carbons (Fsp3) is 0.312. The predicted octanol–water partition coefficient (Wildman–Crippen LogP) is 9.06. The van der Waals surface area contributed by atoms with Gasteiger partial charge in [0.15, 0.2) is 11.5 Å². The smallest absolute Gasteiger partial charge is 0.162 e. The third kappa shape index (κ3) is 7.56. The minimum Gasteiger partial charge on any atom is -0.493 e. The maximum absolute atomic E-state index is 15.0. The Balaban J connectivity index is 1.90. The molecule has 0 N–H and O–H groups in total. The summed E-state index contributed by atoms with van der Waals surface area (Å²) in [5.74, 6) is 0.401. The number of aryl methyl sites for hydroxylation is 1. The highest BCUT2D eigenvalue weighted by atomic mass is 32.2. The molecular weight excluding hydrogens is 533 g/mol. The number of hydrogen-bond donors (Lipinski definition) is 0. The van der Waals surface area contributed by atoms with E-state index in [9.17, 15) is 13.2 Å². The Kier molecular flexibility index (Phi) is 11.4. The van der Waals surface area contributed by atoms with Gasteiger partial charge < -0.3 is 14.4 Å². The van der Waals surface area contributed by atoms with Crippen molar-refractivity contribution in [1.29, 1.82) is 0 Å². The van der Waals surface area contributed by atoms with E-state index in [-0.39, 0.29) is 17.1 Å². The molecule has 0 heterocycles.